The maximum Gasteiger partial charge on any atom is 0.224 e. The van der Waals surface area contributed by atoms with Crippen LogP contribution in [0.4, 0.5) is 0 Å². The quantitative estimate of drug-likeness (QED) is 0.696. The van der Waals surface area contributed by atoms with E-state index in [2.05, 4.69) is 16.4 Å². The zero-order valence-corrected chi connectivity index (χ0v) is 14.5. The zero-order valence-electron chi connectivity index (χ0n) is 14.5. The molecule has 0 fully saturated rings. The third-order valence-corrected chi connectivity index (χ3v) is 4.24. The molecule has 0 radical (unpaired) electrons. The van der Waals surface area contributed by atoms with Crippen LogP contribution in [0, 0.1) is 0 Å². The van der Waals surface area contributed by atoms with E-state index in [0.29, 0.717) is 18.0 Å². The molecule has 3 rings (SSSR count). The van der Waals surface area contributed by atoms with Crippen LogP contribution in [-0.4, -0.2) is 31.7 Å². The van der Waals surface area contributed by atoms with Crippen LogP contribution < -0.4 is 14.8 Å². The Morgan fingerprint density at radius 1 is 1.08 bits per heavy atom. The van der Waals surface area contributed by atoms with Gasteiger partial charge in [-0.1, -0.05) is 24.3 Å². The predicted octanol–water partition coefficient (Wildman–Crippen LogP) is 3.09. The van der Waals surface area contributed by atoms with Crippen molar-refractivity contribution < 1.29 is 14.3 Å². The van der Waals surface area contributed by atoms with Crippen LogP contribution in [0.2, 0.25) is 0 Å². The van der Waals surface area contributed by atoms with E-state index in [1.165, 1.54) is 10.9 Å². The average molecular weight is 338 g/mol. The number of fused-ring (bicyclic) bond motifs is 1. The van der Waals surface area contributed by atoms with E-state index >= 15 is 0 Å². The summed E-state index contributed by atoms with van der Waals surface area (Å²) in [6.45, 7) is 0.596. The number of ether oxygens (including phenoxy) is 2. The Balaban J connectivity index is 1.56. The molecule has 0 aliphatic carbocycles. The zero-order chi connectivity index (χ0) is 17.6. The van der Waals surface area contributed by atoms with Crippen molar-refractivity contribution in [2.24, 2.45) is 0 Å². The summed E-state index contributed by atoms with van der Waals surface area (Å²) in [4.78, 5) is 15.5. The van der Waals surface area contributed by atoms with Gasteiger partial charge in [0, 0.05) is 35.3 Å². The summed E-state index contributed by atoms with van der Waals surface area (Å²) in [7, 11) is 3.19. The summed E-state index contributed by atoms with van der Waals surface area (Å²) < 4.78 is 10.5. The minimum atomic E-state index is -0.0247. The number of H-pyrrole nitrogens is 1. The fourth-order valence-electron chi connectivity index (χ4n) is 2.91. The van der Waals surface area contributed by atoms with Crippen LogP contribution in [0.15, 0.2) is 48.7 Å². The summed E-state index contributed by atoms with van der Waals surface area (Å²) >= 11 is 0. The van der Waals surface area contributed by atoms with E-state index in [-0.39, 0.29) is 12.3 Å². The van der Waals surface area contributed by atoms with E-state index in [0.717, 1.165) is 17.5 Å². The van der Waals surface area contributed by atoms with Crippen molar-refractivity contribution in [2.75, 3.05) is 20.8 Å². The Bertz CT molecular complexity index is 870. The van der Waals surface area contributed by atoms with Crippen molar-refractivity contribution in [3.05, 3.63) is 59.8 Å². The molecule has 0 bridgehead atoms. The largest absolute Gasteiger partial charge is 0.497 e. The number of para-hydroxylation sites is 1. The second kappa shape index (κ2) is 7.75. The normalized spacial score (nSPS) is 10.6. The standard InChI is InChI=1S/C20H22N2O3/c1-24-16-8-7-14(19(12-16)25-2)11-20(23)21-10-9-15-13-22-18-6-4-3-5-17(15)18/h3-8,12-13,22H,9-11H2,1-2H3,(H,21,23). The maximum absolute atomic E-state index is 12.2. The van der Waals surface area contributed by atoms with E-state index in [9.17, 15) is 4.79 Å². The summed E-state index contributed by atoms with van der Waals surface area (Å²) in [5.41, 5.74) is 3.16. The molecule has 1 heterocycles. The van der Waals surface area contributed by atoms with Gasteiger partial charge in [0.2, 0.25) is 5.91 Å². The van der Waals surface area contributed by atoms with Gasteiger partial charge in [-0.2, -0.15) is 0 Å². The van der Waals surface area contributed by atoms with E-state index in [1.54, 1.807) is 20.3 Å². The summed E-state index contributed by atoms with van der Waals surface area (Å²) in [6.07, 6.45) is 3.07. The minimum Gasteiger partial charge on any atom is -0.497 e. The second-order valence-electron chi connectivity index (χ2n) is 5.81. The lowest BCUT2D eigenvalue weighted by molar-refractivity contribution is -0.120. The van der Waals surface area contributed by atoms with Crippen LogP contribution in [0.1, 0.15) is 11.1 Å². The average Bonchev–Trinajstić information content (AvgIpc) is 3.05. The van der Waals surface area contributed by atoms with Gasteiger partial charge in [0.05, 0.1) is 20.6 Å². The van der Waals surface area contributed by atoms with Gasteiger partial charge >= 0.3 is 0 Å². The highest BCUT2D eigenvalue weighted by molar-refractivity contribution is 5.83. The lowest BCUT2D eigenvalue weighted by atomic mass is 10.1. The number of carbonyl (C=O) groups is 1. The van der Waals surface area contributed by atoms with Crippen molar-refractivity contribution in [1.82, 2.24) is 10.3 Å². The van der Waals surface area contributed by atoms with Crippen LogP contribution in [0.25, 0.3) is 10.9 Å². The molecule has 1 amide bonds. The molecule has 130 valence electrons. The Hall–Kier alpha value is -2.95. The van der Waals surface area contributed by atoms with E-state index < -0.39 is 0 Å². The second-order valence-corrected chi connectivity index (χ2v) is 5.81. The van der Waals surface area contributed by atoms with Crippen LogP contribution >= 0.6 is 0 Å². The van der Waals surface area contributed by atoms with Gasteiger partial charge in [-0.05, 0) is 24.1 Å². The summed E-state index contributed by atoms with van der Waals surface area (Å²) in [6, 6.07) is 13.6. The predicted molar refractivity (Wildman–Crippen MR) is 98.3 cm³/mol. The molecule has 5 heteroatoms. The lowest BCUT2D eigenvalue weighted by Gasteiger charge is -2.10. The first-order valence-corrected chi connectivity index (χ1v) is 8.24. The molecule has 0 unspecified atom stereocenters. The Labute approximate surface area is 147 Å². The molecule has 0 spiro atoms. The molecule has 3 aromatic rings. The number of hydrogen-bond donors (Lipinski definition) is 2. The van der Waals surface area contributed by atoms with Crippen molar-refractivity contribution in [3.63, 3.8) is 0 Å². The van der Waals surface area contributed by atoms with Gasteiger partial charge < -0.3 is 19.8 Å². The number of hydrogen-bond acceptors (Lipinski definition) is 3. The van der Waals surface area contributed by atoms with Crippen molar-refractivity contribution in [1.29, 1.82) is 0 Å². The Morgan fingerprint density at radius 2 is 1.92 bits per heavy atom. The number of carbonyl (C=O) groups excluding carboxylic acids is 1. The highest BCUT2D eigenvalue weighted by atomic mass is 16.5. The summed E-state index contributed by atoms with van der Waals surface area (Å²) in [5, 5.41) is 4.18. The third-order valence-electron chi connectivity index (χ3n) is 4.24. The summed E-state index contributed by atoms with van der Waals surface area (Å²) in [5.74, 6) is 1.34. The van der Waals surface area contributed by atoms with Crippen molar-refractivity contribution >= 4 is 16.8 Å². The van der Waals surface area contributed by atoms with Gasteiger partial charge in [-0.3, -0.25) is 4.79 Å². The van der Waals surface area contributed by atoms with Crippen molar-refractivity contribution in [3.8, 4) is 11.5 Å². The molecule has 0 saturated heterocycles. The number of benzene rings is 2. The number of aromatic amines is 1. The highest BCUT2D eigenvalue weighted by Crippen LogP contribution is 2.25. The molecule has 0 atom stereocenters. The monoisotopic (exact) mass is 338 g/mol. The van der Waals surface area contributed by atoms with E-state index in [1.807, 2.05) is 36.5 Å². The number of rotatable bonds is 7. The van der Waals surface area contributed by atoms with Gasteiger partial charge in [-0.15, -0.1) is 0 Å². The smallest absolute Gasteiger partial charge is 0.224 e. The van der Waals surface area contributed by atoms with Crippen molar-refractivity contribution in [2.45, 2.75) is 12.8 Å². The van der Waals surface area contributed by atoms with Crippen LogP contribution in [0.5, 0.6) is 11.5 Å². The molecule has 2 N–H and O–H groups in total. The number of nitrogens with one attached hydrogen (secondary N) is 2. The van der Waals surface area contributed by atoms with Crippen LogP contribution in [0.3, 0.4) is 0 Å². The Kier molecular flexibility index (Phi) is 5.23. The van der Waals surface area contributed by atoms with E-state index in [4.69, 9.17) is 9.47 Å². The minimum absolute atomic E-state index is 0.0247. The van der Waals surface area contributed by atoms with Gasteiger partial charge in [0.1, 0.15) is 11.5 Å². The first kappa shape index (κ1) is 16.9. The lowest BCUT2D eigenvalue weighted by Crippen LogP contribution is -2.27. The molecule has 1 aromatic heterocycles. The van der Waals surface area contributed by atoms with Gasteiger partial charge in [0.25, 0.3) is 0 Å². The molecular weight excluding hydrogens is 316 g/mol. The first-order chi connectivity index (χ1) is 12.2. The SMILES string of the molecule is COc1ccc(CC(=O)NCCc2c[nH]c3ccccc23)c(OC)c1. The fourth-order valence-corrected chi connectivity index (χ4v) is 2.91. The van der Waals surface area contributed by atoms with Gasteiger partial charge in [0.15, 0.2) is 0 Å². The molecule has 2 aromatic carbocycles. The maximum atomic E-state index is 12.2. The first-order valence-electron chi connectivity index (χ1n) is 8.24. The topological polar surface area (TPSA) is 63.3 Å². The molecule has 25 heavy (non-hydrogen) atoms. The highest BCUT2D eigenvalue weighted by Gasteiger charge is 2.10. The Morgan fingerprint density at radius 3 is 2.72 bits per heavy atom. The molecule has 5 nitrogen and oxygen atoms in total. The van der Waals surface area contributed by atoms with Gasteiger partial charge in [-0.25, -0.2) is 0 Å². The number of methoxy groups -OCH3 is 2. The molecule has 0 aliphatic heterocycles. The molecule has 0 aliphatic rings. The molecule has 0 saturated carbocycles. The van der Waals surface area contributed by atoms with Crippen LogP contribution in [-0.2, 0) is 17.6 Å². The number of amides is 1. The number of aromatic nitrogens is 1. The third kappa shape index (κ3) is 3.94. The molecular formula is C20H22N2O3. The fraction of sp³-hybridized carbons (Fsp3) is 0.250.